The Hall–Kier alpha value is -0.273. The quantitative estimate of drug-likeness (QED) is 0.364. The molecule has 0 amide bonds. The summed E-state index contributed by atoms with van der Waals surface area (Å²) >= 11 is 5.98. The number of rotatable bonds is 8. The van der Waals surface area contributed by atoms with Crippen molar-refractivity contribution in [3.8, 4) is 0 Å². The first kappa shape index (κ1) is 17.1. The van der Waals surface area contributed by atoms with Gasteiger partial charge >= 0.3 is 0 Å². The van der Waals surface area contributed by atoms with Crippen LogP contribution < -0.4 is 0 Å². The van der Waals surface area contributed by atoms with Crippen LogP contribution in [-0.2, 0) is 0 Å². The molecule has 0 aliphatic carbocycles. The van der Waals surface area contributed by atoms with Crippen LogP contribution in [-0.4, -0.2) is 8.80 Å². The van der Waals surface area contributed by atoms with Gasteiger partial charge in [0.25, 0.3) is 0 Å². The van der Waals surface area contributed by atoms with Gasteiger partial charge in [0.1, 0.15) is 0 Å². The number of benzene rings is 1. The van der Waals surface area contributed by atoms with E-state index in [1.165, 1.54) is 56.9 Å². The second-order valence-corrected chi connectivity index (χ2v) is 10.7. The van der Waals surface area contributed by atoms with Crippen molar-refractivity contribution in [3.05, 3.63) is 34.9 Å². The Morgan fingerprint density at radius 2 is 1.57 bits per heavy atom. The molecule has 1 aliphatic rings. The fraction of sp³-hybridized carbons (Fsp3) is 0.684. The highest BCUT2D eigenvalue weighted by Crippen LogP contribution is 2.35. The first-order valence-electron chi connectivity index (χ1n) is 9.05. The smallest absolute Gasteiger partial charge is 0.0406 e. The summed E-state index contributed by atoms with van der Waals surface area (Å²) in [7, 11) is -0.383. The monoisotopic (exact) mass is 322 g/mol. The highest BCUT2D eigenvalue weighted by atomic mass is 35.5. The predicted octanol–water partition coefficient (Wildman–Crippen LogP) is 6.81. The summed E-state index contributed by atoms with van der Waals surface area (Å²) in [6.07, 6.45) is 11.6. The molecule has 1 heterocycles. The van der Waals surface area contributed by atoms with E-state index in [0.29, 0.717) is 0 Å². The third-order valence-corrected chi connectivity index (χ3v) is 8.93. The van der Waals surface area contributed by atoms with E-state index in [9.17, 15) is 0 Å². The highest BCUT2D eigenvalue weighted by molar-refractivity contribution is 6.59. The van der Waals surface area contributed by atoms with Crippen LogP contribution >= 0.6 is 11.6 Å². The first-order chi connectivity index (χ1) is 10.3. The molecular formula is C19H31ClSi. The molecule has 0 bridgehead atoms. The maximum Gasteiger partial charge on any atom is 0.0406 e. The van der Waals surface area contributed by atoms with Crippen LogP contribution in [0.1, 0.15) is 69.8 Å². The molecule has 1 fully saturated rings. The fourth-order valence-electron chi connectivity index (χ4n) is 3.73. The summed E-state index contributed by atoms with van der Waals surface area (Å²) in [5, 5.41) is 0.866. The van der Waals surface area contributed by atoms with Crippen LogP contribution in [0.5, 0.6) is 0 Å². The maximum atomic E-state index is 5.98. The molecular weight excluding hydrogens is 292 g/mol. The van der Waals surface area contributed by atoms with E-state index in [0.717, 1.165) is 10.9 Å². The number of hydrogen-bond donors (Lipinski definition) is 0. The molecule has 0 atom stereocenters. The molecule has 1 aromatic carbocycles. The van der Waals surface area contributed by atoms with Crippen molar-refractivity contribution >= 4 is 20.4 Å². The summed E-state index contributed by atoms with van der Waals surface area (Å²) in [4.78, 5) is 0. The molecule has 2 heteroatoms. The molecule has 0 N–H and O–H groups in total. The molecule has 1 saturated heterocycles. The lowest BCUT2D eigenvalue weighted by Gasteiger charge is -2.28. The molecule has 1 aliphatic heterocycles. The molecule has 118 valence electrons. The summed E-state index contributed by atoms with van der Waals surface area (Å²) in [6, 6.07) is 13.3. The van der Waals surface area contributed by atoms with Gasteiger partial charge in [-0.25, -0.2) is 0 Å². The van der Waals surface area contributed by atoms with Gasteiger partial charge in [0.2, 0.25) is 0 Å². The zero-order valence-electron chi connectivity index (χ0n) is 13.6. The molecule has 0 radical (unpaired) electrons. The van der Waals surface area contributed by atoms with Crippen molar-refractivity contribution in [1.29, 1.82) is 0 Å². The number of hydrogen-bond acceptors (Lipinski definition) is 0. The topological polar surface area (TPSA) is 0 Å². The van der Waals surface area contributed by atoms with Crippen molar-refractivity contribution in [2.45, 2.75) is 82.3 Å². The molecule has 0 spiro atoms. The molecule has 2 rings (SSSR count). The van der Waals surface area contributed by atoms with Gasteiger partial charge in [-0.3, -0.25) is 0 Å². The van der Waals surface area contributed by atoms with Crippen LogP contribution in [0.15, 0.2) is 24.3 Å². The average Bonchev–Trinajstić information content (AvgIpc) is 2.52. The van der Waals surface area contributed by atoms with Gasteiger partial charge in [-0.05, 0) is 36.5 Å². The Morgan fingerprint density at radius 3 is 2.24 bits per heavy atom. The predicted molar refractivity (Wildman–Crippen MR) is 98.4 cm³/mol. The highest BCUT2D eigenvalue weighted by Gasteiger charge is 2.22. The first-order valence-corrected chi connectivity index (χ1v) is 11.9. The Bertz CT molecular complexity index is 379. The summed E-state index contributed by atoms with van der Waals surface area (Å²) in [5.41, 5.74) is 1.52. The lowest BCUT2D eigenvalue weighted by molar-refractivity contribution is 0.596. The van der Waals surface area contributed by atoms with Gasteiger partial charge in [0.05, 0.1) is 0 Å². The van der Waals surface area contributed by atoms with Gasteiger partial charge in [-0.2, -0.15) is 0 Å². The maximum absolute atomic E-state index is 5.98. The minimum absolute atomic E-state index is 0.383. The van der Waals surface area contributed by atoms with Crippen molar-refractivity contribution < 1.29 is 0 Å². The third-order valence-electron chi connectivity index (χ3n) is 5.15. The molecule has 0 nitrogen and oxygen atoms in total. The zero-order chi connectivity index (χ0) is 14.9. The van der Waals surface area contributed by atoms with E-state index in [1.54, 1.807) is 18.1 Å². The van der Waals surface area contributed by atoms with Gasteiger partial charge in [-0.1, -0.05) is 87.3 Å². The van der Waals surface area contributed by atoms with Gasteiger partial charge in [0.15, 0.2) is 0 Å². The standard InChI is InChI=1S/C19H31ClSi/c1-2-3-4-5-6-7-14-21-15-12-18(13-16-21)17-8-10-19(20)11-9-17/h8-11,18,21H,2-7,12-16H2,1H3. The minimum atomic E-state index is -0.383. The van der Waals surface area contributed by atoms with Crippen LogP contribution in [0.25, 0.3) is 0 Å². The van der Waals surface area contributed by atoms with Crippen LogP contribution in [0.4, 0.5) is 0 Å². The Morgan fingerprint density at radius 1 is 0.952 bits per heavy atom. The lowest BCUT2D eigenvalue weighted by Crippen LogP contribution is -2.20. The Kier molecular flexibility index (Phi) is 7.88. The molecule has 0 unspecified atom stereocenters. The van der Waals surface area contributed by atoms with E-state index in [4.69, 9.17) is 11.6 Å². The number of halogens is 1. The Labute approximate surface area is 137 Å². The van der Waals surface area contributed by atoms with E-state index < -0.39 is 0 Å². The fourth-order valence-corrected chi connectivity index (χ4v) is 7.34. The number of unbranched alkanes of at least 4 members (excludes halogenated alkanes) is 5. The molecule has 0 saturated carbocycles. The van der Waals surface area contributed by atoms with Crippen molar-refractivity contribution in [2.24, 2.45) is 0 Å². The van der Waals surface area contributed by atoms with Crippen LogP contribution in [0.3, 0.4) is 0 Å². The van der Waals surface area contributed by atoms with Gasteiger partial charge in [-0.15, -0.1) is 0 Å². The molecule has 21 heavy (non-hydrogen) atoms. The molecule has 1 aromatic rings. The summed E-state index contributed by atoms with van der Waals surface area (Å²) in [6.45, 7) is 2.30. The minimum Gasteiger partial charge on any atom is -0.0843 e. The van der Waals surface area contributed by atoms with E-state index in [-0.39, 0.29) is 8.80 Å². The second-order valence-electron chi connectivity index (χ2n) is 6.83. The van der Waals surface area contributed by atoms with E-state index in [2.05, 4.69) is 31.2 Å². The normalized spacial score (nSPS) is 22.4. The van der Waals surface area contributed by atoms with Crippen LogP contribution in [0.2, 0.25) is 23.2 Å². The Balaban J connectivity index is 1.61. The average molecular weight is 323 g/mol. The van der Waals surface area contributed by atoms with Crippen molar-refractivity contribution in [3.63, 3.8) is 0 Å². The largest absolute Gasteiger partial charge is 0.0843 e. The van der Waals surface area contributed by atoms with Gasteiger partial charge < -0.3 is 0 Å². The summed E-state index contributed by atoms with van der Waals surface area (Å²) < 4.78 is 0. The van der Waals surface area contributed by atoms with E-state index in [1.807, 2.05) is 0 Å². The molecule has 0 aromatic heterocycles. The summed E-state index contributed by atoms with van der Waals surface area (Å²) in [5.74, 6) is 0.815. The van der Waals surface area contributed by atoms with Crippen LogP contribution in [0, 0.1) is 0 Å². The van der Waals surface area contributed by atoms with Crippen molar-refractivity contribution in [1.82, 2.24) is 0 Å². The third kappa shape index (κ3) is 6.16. The van der Waals surface area contributed by atoms with Crippen molar-refractivity contribution in [2.75, 3.05) is 0 Å². The SMILES string of the molecule is CCCCCCCC[SiH]1CCC(c2ccc(Cl)cc2)CC1. The second kappa shape index (κ2) is 9.68. The lowest BCUT2D eigenvalue weighted by atomic mass is 9.94. The van der Waals surface area contributed by atoms with Gasteiger partial charge in [0, 0.05) is 13.8 Å². The zero-order valence-corrected chi connectivity index (χ0v) is 15.5. The van der Waals surface area contributed by atoms with E-state index >= 15 is 0 Å².